The van der Waals surface area contributed by atoms with Gasteiger partial charge in [0.2, 0.25) is 0 Å². The molecule has 0 bridgehead atoms. The molecule has 4 rings (SSSR count). The first-order valence-electron chi connectivity index (χ1n) is 14.0. The molecule has 0 aliphatic heterocycles. The molecule has 12 nitrogen and oxygen atoms in total. The van der Waals surface area contributed by atoms with Crippen LogP contribution in [-0.2, 0) is 46.2 Å². The third-order valence-corrected chi connectivity index (χ3v) is 5.38. The molecule has 2 aromatic carbocycles. The van der Waals surface area contributed by atoms with Crippen LogP contribution >= 0.6 is 0 Å². The minimum Gasteiger partial charge on any atom is -0.358 e. The molecule has 0 amide bonds. The van der Waals surface area contributed by atoms with E-state index >= 15 is 0 Å². The molecule has 4 aromatic rings. The van der Waals surface area contributed by atoms with E-state index in [1.165, 1.54) is 25.2 Å². The van der Waals surface area contributed by atoms with Crippen molar-refractivity contribution in [2.45, 2.75) is 66.5 Å². The Balaban J connectivity index is -0.000000237. The number of nitrogens with zero attached hydrogens (tertiary/aromatic N) is 4. The fraction of sp³-hybridized carbons (Fsp3) is 0.406. The monoisotopic (exact) mass is 797 g/mol. The third-order valence-electron chi connectivity index (χ3n) is 5.38. The first-order valence-corrected chi connectivity index (χ1v) is 14.0. The number of rotatable bonds is 3. The Morgan fingerprint density at radius 2 is 0.978 bits per heavy atom. The molecule has 0 spiro atoms. The van der Waals surface area contributed by atoms with E-state index in [1.54, 1.807) is 0 Å². The number of aryl methyl sites for hydroxylation is 2. The summed E-state index contributed by atoms with van der Waals surface area (Å²) in [4.78, 5) is 45.6. The quantitative estimate of drug-likeness (QED) is 0.228. The largest absolute Gasteiger partial charge is 0.358 e. The van der Waals surface area contributed by atoms with Crippen LogP contribution in [0.5, 0.6) is 0 Å². The van der Waals surface area contributed by atoms with Crippen molar-refractivity contribution in [3.05, 3.63) is 133 Å². The number of benzene rings is 2. The van der Waals surface area contributed by atoms with E-state index in [1.807, 2.05) is 95.0 Å². The van der Waals surface area contributed by atoms with Crippen molar-refractivity contribution in [2.75, 3.05) is 7.05 Å². The molecule has 0 unspecified atom stereocenters. The second-order valence-electron chi connectivity index (χ2n) is 9.45. The number of aromatic amines is 2. The SMILES string of the molecule is CC.CC.CC(C)(N)c1ccccc1.CNC(C)(C)c1ccccc1.Cn1ncc(=O)[nH]c1=O.Cn1ncc(=O)[nH]c1=O.[CH3-].[W]. The molecule has 0 aliphatic carbocycles. The molecule has 0 radical (unpaired) electrons. The Bertz CT molecular complexity index is 1440. The van der Waals surface area contributed by atoms with E-state index in [2.05, 4.69) is 53.6 Å². The first kappa shape index (κ1) is 48.2. The van der Waals surface area contributed by atoms with Gasteiger partial charge in [0.25, 0.3) is 11.1 Å². The average Bonchev–Trinajstić information content (AvgIpc) is 3.01. The van der Waals surface area contributed by atoms with Crippen LogP contribution in [0.1, 0.15) is 66.5 Å². The normalized spacial score (nSPS) is 9.42. The minimum atomic E-state index is -0.498. The van der Waals surface area contributed by atoms with Gasteiger partial charge in [-0.05, 0) is 45.9 Å². The van der Waals surface area contributed by atoms with Gasteiger partial charge in [-0.2, -0.15) is 10.2 Å². The maximum absolute atomic E-state index is 10.5. The van der Waals surface area contributed by atoms with Crippen molar-refractivity contribution in [3.8, 4) is 0 Å². The maximum Gasteiger partial charge on any atom is 0.344 e. The summed E-state index contributed by atoms with van der Waals surface area (Å²) in [5.74, 6) is 0. The van der Waals surface area contributed by atoms with Gasteiger partial charge < -0.3 is 18.5 Å². The summed E-state index contributed by atoms with van der Waals surface area (Å²) in [6.07, 6.45) is 2.09. The first-order chi connectivity index (χ1) is 20.2. The van der Waals surface area contributed by atoms with E-state index in [0.717, 1.165) is 21.8 Å². The summed E-state index contributed by atoms with van der Waals surface area (Å²) in [6, 6.07) is 20.5. The number of hydrogen-bond acceptors (Lipinski definition) is 8. The second kappa shape index (κ2) is 25.6. The number of hydrogen-bond donors (Lipinski definition) is 4. The van der Waals surface area contributed by atoms with Gasteiger partial charge in [-0.15, -0.1) is 0 Å². The van der Waals surface area contributed by atoms with Crippen molar-refractivity contribution in [3.63, 3.8) is 0 Å². The Labute approximate surface area is 281 Å². The van der Waals surface area contributed by atoms with Gasteiger partial charge in [0.15, 0.2) is 0 Å². The Morgan fingerprint density at radius 3 is 1.20 bits per heavy atom. The Morgan fingerprint density at radius 1 is 0.667 bits per heavy atom. The van der Waals surface area contributed by atoms with Crippen molar-refractivity contribution in [1.82, 2.24) is 34.8 Å². The van der Waals surface area contributed by atoms with E-state index in [4.69, 9.17) is 5.73 Å². The summed E-state index contributed by atoms with van der Waals surface area (Å²) in [7, 11) is 4.89. The van der Waals surface area contributed by atoms with Gasteiger partial charge in [-0.1, -0.05) is 88.4 Å². The standard InChI is InChI=1S/C10H15N.C9H13N.2C4H5N3O2.2C2H6.CH3.W/c1-10(2,11-3)9-7-5-4-6-8-9;1-9(2,10)8-6-4-3-5-7-8;2*1-7-4(9)6-3(8)2-5-7;2*1-2;;/h4-8,11H,1-3H3;3-7H,10H2,1-2H3;2*2H,1H3,(H,6,8,9);2*1-2H3;1H3;/q;;;;;;-1;. The molecule has 0 atom stereocenters. The molecule has 13 heteroatoms. The fourth-order valence-corrected chi connectivity index (χ4v) is 2.69. The van der Waals surface area contributed by atoms with Gasteiger partial charge in [0.1, 0.15) is 12.4 Å². The van der Waals surface area contributed by atoms with Gasteiger partial charge in [-0.3, -0.25) is 19.6 Å². The molecular weight excluding hydrogens is 744 g/mol. The predicted octanol–water partition coefficient (Wildman–Crippen LogP) is 3.46. The minimum absolute atomic E-state index is 0. The number of nitrogens with one attached hydrogen (secondary N) is 3. The average molecular weight is 798 g/mol. The van der Waals surface area contributed by atoms with Crippen LogP contribution in [0.15, 0.2) is 92.2 Å². The van der Waals surface area contributed by atoms with Crippen LogP contribution in [0.3, 0.4) is 0 Å². The van der Waals surface area contributed by atoms with E-state index in [-0.39, 0.29) is 39.6 Å². The van der Waals surface area contributed by atoms with Crippen LogP contribution in [0.4, 0.5) is 0 Å². The predicted molar refractivity (Wildman–Crippen MR) is 181 cm³/mol. The third kappa shape index (κ3) is 20.8. The molecule has 0 fully saturated rings. The molecular formula is C32H53N8O4W-. The summed E-state index contributed by atoms with van der Waals surface area (Å²) >= 11 is 0. The zero-order valence-electron chi connectivity index (χ0n) is 28.8. The van der Waals surface area contributed by atoms with Crippen LogP contribution in [0, 0.1) is 7.43 Å². The number of nitrogens with two attached hydrogens (primary N) is 1. The van der Waals surface area contributed by atoms with E-state index < -0.39 is 22.5 Å². The van der Waals surface area contributed by atoms with Gasteiger partial charge in [0, 0.05) is 46.2 Å². The van der Waals surface area contributed by atoms with Crippen LogP contribution < -0.4 is 33.5 Å². The second-order valence-corrected chi connectivity index (χ2v) is 9.45. The summed E-state index contributed by atoms with van der Waals surface area (Å²) in [5.41, 5.74) is 6.29. The smallest absolute Gasteiger partial charge is 0.344 e. The molecule has 2 aromatic heterocycles. The van der Waals surface area contributed by atoms with Crippen molar-refractivity contribution in [2.24, 2.45) is 19.8 Å². The summed E-state index contributed by atoms with van der Waals surface area (Å²) < 4.78 is 2.09. The zero-order chi connectivity index (χ0) is 33.6. The Hall–Kier alpha value is -3.73. The van der Waals surface area contributed by atoms with Crippen LogP contribution in [-0.4, -0.2) is 36.6 Å². The zero-order valence-corrected chi connectivity index (χ0v) is 31.8. The molecule has 5 N–H and O–H groups in total. The maximum atomic E-state index is 10.5. The molecule has 45 heavy (non-hydrogen) atoms. The fourth-order valence-electron chi connectivity index (χ4n) is 2.69. The van der Waals surface area contributed by atoms with Crippen LogP contribution in [0.2, 0.25) is 0 Å². The van der Waals surface area contributed by atoms with Crippen molar-refractivity contribution < 1.29 is 21.1 Å². The molecule has 0 saturated carbocycles. The van der Waals surface area contributed by atoms with E-state index in [9.17, 15) is 19.2 Å². The van der Waals surface area contributed by atoms with Gasteiger partial charge in [0.05, 0.1) is 0 Å². The molecule has 0 saturated heterocycles. The van der Waals surface area contributed by atoms with Gasteiger partial charge >= 0.3 is 11.4 Å². The van der Waals surface area contributed by atoms with Gasteiger partial charge in [-0.25, -0.2) is 19.0 Å². The molecule has 0 aliphatic rings. The Kier molecular flexibility index (Phi) is 27.4. The molecule has 2 heterocycles. The number of aromatic nitrogens is 6. The van der Waals surface area contributed by atoms with Crippen molar-refractivity contribution >= 4 is 0 Å². The molecule has 252 valence electrons. The van der Waals surface area contributed by atoms with Crippen LogP contribution in [0.25, 0.3) is 0 Å². The van der Waals surface area contributed by atoms with Crippen molar-refractivity contribution in [1.29, 1.82) is 0 Å². The topological polar surface area (TPSA) is 174 Å². The van der Waals surface area contributed by atoms with E-state index in [0.29, 0.717) is 0 Å². The summed E-state index contributed by atoms with van der Waals surface area (Å²) in [6.45, 7) is 16.3. The number of H-pyrrole nitrogens is 2. The summed E-state index contributed by atoms with van der Waals surface area (Å²) in [5, 5.41) is 10.1.